The van der Waals surface area contributed by atoms with Gasteiger partial charge >= 0.3 is 0 Å². The molecule has 0 saturated heterocycles. The van der Waals surface area contributed by atoms with Gasteiger partial charge in [-0.1, -0.05) is 0 Å². The number of hydrogen-bond acceptors (Lipinski definition) is 4. The molecule has 2 aromatic rings. The smallest absolute Gasteiger partial charge is 0.195 e. The average molecular weight is 296 g/mol. The van der Waals surface area contributed by atoms with Gasteiger partial charge in [0.15, 0.2) is 17.9 Å². The van der Waals surface area contributed by atoms with Crippen molar-refractivity contribution in [3.8, 4) is 17.0 Å². The average Bonchev–Trinajstić information content (AvgIpc) is 2.70. The summed E-state index contributed by atoms with van der Waals surface area (Å²) in [5.74, 6) is 1.43. The van der Waals surface area contributed by atoms with Crippen LogP contribution in [0.25, 0.3) is 11.3 Å². The molecule has 0 aliphatic heterocycles. The molecule has 0 N–H and O–H groups in total. The van der Waals surface area contributed by atoms with Crippen molar-refractivity contribution in [3.63, 3.8) is 0 Å². The Kier molecular flexibility index (Phi) is 3.28. The van der Waals surface area contributed by atoms with Crippen molar-refractivity contribution in [2.45, 2.75) is 6.92 Å². The third kappa shape index (κ3) is 2.24. The summed E-state index contributed by atoms with van der Waals surface area (Å²) in [6, 6.07) is 5.47. The van der Waals surface area contributed by atoms with Crippen molar-refractivity contribution in [3.05, 3.63) is 34.3 Å². The molecule has 1 aromatic carbocycles. The van der Waals surface area contributed by atoms with Gasteiger partial charge in [0, 0.05) is 12.5 Å². The first-order valence-corrected chi connectivity index (χ1v) is 5.71. The zero-order valence-electron chi connectivity index (χ0n) is 9.36. The number of halogens is 1. The van der Waals surface area contributed by atoms with Crippen LogP contribution in [0.4, 0.5) is 0 Å². The van der Waals surface area contributed by atoms with Gasteiger partial charge in [0.2, 0.25) is 0 Å². The van der Waals surface area contributed by atoms with Crippen LogP contribution < -0.4 is 4.74 Å². The van der Waals surface area contributed by atoms with E-state index in [1.54, 1.807) is 20.1 Å². The molecule has 1 aromatic heterocycles. The minimum absolute atomic E-state index is 0.236. The maximum atomic E-state index is 10.9. The molecule has 4 nitrogen and oxygen atoms in total. The van der Waals surface area contributed by atoms with Crippen molar-refractivity contribution in [2.24, 2.45) is 0 Å². The number of nitrogens with zero attached hydrogens (tertiary/aromatic N) is 1. The highest BCUT2D eigenvalue weighted by Crippen LogP contribution is 2.31. The molecule has 1 heterocycles. The van der Waals surface area contributed by atoms with Gasteiger partial charge in [0.1, 0.15) is 11.4 Å². The highest BCUT2D eigenvalue weighted by atomic mass is 79.9. The number of aromatic nitrogens is 1. The topological polar surface area (TPSA) is 52.3 Å². The fourth-order valence-electron chi connectivity index (χ4n) is 1.54. The lowest BCUT2D eigenvalue weighted by Gasteiger charge is -2.04. The van der Waals surface area contributed by atoms with E-state index in [9.17, 15) is 4.79 Å². The molecule has 0 fully saturated rings. The normalized spacial score (nSPS) is 10.3. The van der Waals surface area contributed by atoms with Crippen LogP contribution in [-0.2, 0) is 0 Å². The summed E-state index contributed by atoms with van der Waals surface area (Å²) < 4.78 is 11.1. The van der Waals surface area contributed by atoms with Gasteiger partial charge in [-0.15, -0.1) is 0 Å². The molecule has 17 heavy (non-hydrogen) atoms. The van der Waals surface area contributed by atoms with E-state index in [2.05, 4.69) is 20.9 Å². The lowest BCUT2D eigenvalue weighted by atomic mass is 10.1. The van der Waals surface area contributed by atoms with E-state index in [1.807, 2.05) is 12.1 Å². The first-order chi connectivity index (χ1) is 8.15. The van der Waals surface area contributed by atoms with Gasteiger partial charge in [-0.2, -0.15) is 0 Å². The van der Waals surface area contributed by atoms with Crippen molar-refractivity contribution < 1.29 is 13.9 Å². The van der Waals surface area contributed by atoms with E-state index in [1.165, 1.54) is 0 Å². The molecule has 0 amide bonds. The molecule has 0 atom stereocenters. The van der Waals surface area contributed by atoms with Gasteiger partial charge in [0.05, 0.1) is 11.6 Å². The Morgan fingerprint density at radius 1 is 1.47 bits per heavy atom. The molecule has 2 rings (SSSR count). The van der Waals surface area contributed by atoms with E-state index < -0.39 is 0 Å². The van der Waals surface area contributed by atoms with Gasteiger partial charge in [-0.05, 0) is 34.1 Å². The number of aryl methyl sites for hydroxylation is 1. The molecule has 0 spiro atoms. The fraction of sp³-hybridized carbons (Fsp3) is 0.167. The second-order valence-electron chi connectivity index (χ2n) is 3.41. The van der Waals surface area contributed by atoms with Crippen LogP contribution in [0, 0.1) is 6.92 Å². The van der Waals surface area contributed by atoms with Crippen LogP contribution >= 0.6 is 15.9 Å². The minimum atomic E-state index is 0.236. The quantitative estimate of drug-likeness (QED) is 0.816. The Labute approximate surface area is 107 Å². The highest BCUT2D eigenvalue weighted by molar-refractivity contribution is 9.10. The number of oxazole rings is 1. The van der Waals surface area contributed by atoms with Crippen LogP contribution in [-0.4, -0.2) is 18.4 Å². The maximum absolute atomic E-state index is 10.9. The Morgan fingerprint density at radius 3 is 2.82 bits per heavy atom. The van der Waals surface area contributed by atoms with Crippen molar-refractivity contribution in [1.82, 2.24) is 4.98 Å². The third-order valence-corrected chi connectivity index (χ3v) is 2.91. The zero-order valence-corrected chi connectivity index (χ0v) is 10.9. The highest BCUT2D eigenvalue weighted by Gasteiger charge is 2.13. The molecule has 0 saturated carbocycles. The number of hydrogen-bond donors (Lipinski definition) is 0. The monoisotopic (exact) mass is 295 g/mol. The third-order valence-electron chi connectivity index (χ3n) is 2.29. The van der Waals surface area contributed by atoms with Crippen molar-refractivity contribution in [2.75, 3.05) is 7.11 Å². The largest absolute Gasteiger partial charge is 0.496 e. The van der Waals surface area contributed by atoms with E-state index in [-0.39, 0.29) is 5.76 Å². The Bertz CT molecular complexity index is 563. The summed E-state index contributed by atoms with van der Waals surface area (Å²) in [6.45, 7) is 1.70. The summed E-state index contributed by atoms with van der Waals surface area (Å²) in [5.41, 5.74) is 1.34. The van der Waals surface area contributed by atoms with Crippen molar-refractivity contribution in [1.29, 1.82) is 0 Å². The van der Waals surface area contributed by atoms with Gasteiger partial charge in [-0.25, -0.2) is 4.98 Å². The SMILES string of the molecule is COc1ccc(-c2nc(C)oc2C=O)cc1Br. The van der Waals surface area contributed by atoms with E-state index in [4.69, 9.17) is 9.15 Å². The summed E-state index contributed by atoms with van der Waals surface area (Å²) in [5, 5.41) is 0. The number of carbonyl (C=O) groups is 1. The molecule has 0 radical (unpaired) electrons. The van der Waals surface area contributed by atoms with Crippen LogP contribution in [0.2, 0.25) is 0 Å². The second-order valence-corrected chi connectivity index (χ2v) is 4.27. The summed E-state index contributed by atoms with van der Waals surface area (Å²) in [6.07, 6.45) is 0.660. The van der Waals surface area contributed by atoms with Gasteiger partial charge in [-0.3, -0.25) is 4.79 Å². The Hall–Kier alpha value is -1.62. The molecule has 0 aliphatic rings. The molecule has 0 unspecified atom stereocenters. The number of benzene rings is 1. The molecular formula is C12H10BrNO3. The summed E-state index contributed by atoms with van der Waals surface area (Å²) in [4.78, 5) is 15.0. The Balaban J connectivity index is 2.52. The Morgan fingerprint density at radius 2 is 2.24 bits per heavy atom. The lowest BCUT2D eigenvalue weighted by Crippen LogP contribution is -1.87. The first kappa shape index (κ1) is 11.9. The molecule has 88 valence electrons. The summed E-state index contributed by atoms with van der Waals surface area (Å²) >= 11 is 3.39. The fourth-order valence-corrected chi connectivity index (χ4v) is 2.08. The summed E-state index contributed by atoms with van der Waals surface area (Å²) in [7, 11) is 1.59. The second kappa shape index (κ2) is 4.71. The van der Waals surface area contributed by atoms with E-state index in [0.717, 1.165) is 15.8 Å². The number of ether oxygens (including phenoxy) is 1. The van der Waals surface area contributed by atoms with Crippen molar-refractivity contribution >= 4 is 22.2 Å². The maximum Gasteiger partial charge on any atom is 0.195 e. The van der Waals surface area contributed by atoms with Gasteiger partial charge < -0.3 is 9.15 Å². The minimum Gasteiger partial charge on any atom is -0.496 e. The number of methoxy groups -OCH3 is 1. The van der Waals surface area contributed by atoms with Crippen LogP contribution in [0.1, 0.15) is 16.4 Å². The molecule has 0 aliphatic carbocycles. The van der Waals surface area contributed by atoms with Crippen LogP contribution in [0.3, 0.4) is 0 Å². The molecule has 5 heteroatoms. The van der Waals surface area contributed by atoms with E-state index >= 15 is 0 Å². The van der Waals surface area contributed by atoms with Gasteiger partial charge in [0.25, 0.3) is 0 Å². The standard InChI is InChI=1S/C12H10BrNO3/c1-7-14-12(11(6-15)17-7)8-3-4-10(16-2)9(13)5-8/h3-6H,1-2H3. The lowest BCUT2D eigenvalue weighted by molar-refractivity contribution is 0.110. The van der Waals surface area contributed by atoms with E-state index in [0.29, 0.717) is 17.9 Å². The van der Waals surface area contributed by atoms with Crippen LogP contribution in [0.15, 0.2) is 27.1 Å². The first-order valence-electron chi connectivity index (χ1n) is 4.92. The molecule has 0 bridgehead atoms. The number of carbonyl (C=O) groups excluding carboxylic acids is 1. The molecular weight excluding hydrogens is 286 g/mol. The van der Waals surface area contributed by atoms with Crippen LogP contribution in [0.5, 0.6) is 5.75 Å². The zero-order chi connectivity index (χ0) is 12.4. The number of aldehydes is 1. The predicted molar refractivity (Wildman–Crippen MR) is 66.3 cm³/mol. The number of rotatable bonds is 3. The predicted octanol–water partition coefficient (Wildman–Crippen LogP) is 3.23.